The number of carbonyl (C=O) groups is 1. The van der Waals surface area contributed by atoms with Gasteiger partial charge in [0.1, 0.15) is 5.75 Å². The molecule has 104 valence electrons. The largest absolute Gasteiger partial charge is 0.484 e. The van der Waals surface area contributed by atoms with E-state index in [1.54, 1.807) is 12.3 Å². The van der Waals surface area contributed by atoms with Crippen molar-refractivity contribution in [3.8, 4) is 5.75 Å². The fourth-order valence-corrected chi connectivity index (χ4v) is 1.73. The van der Waals surface area contributed by atoms with Crippen molar-refractivity contribution in [2.75, 3.05) is 11.9 Å². The first-order valence-electron chi connectivity index (χ1n) is 6.29. The Hall–Kier alpha value is -2.56. The van der Waals surface area contributed by atoms with Crippen LogP contribution in [0.25, 0.3) is 0 Å². The third-order valence-corrected chi connectivity index (χ3v) is 2.85. The topological polar surface area (TPSA) is 77.2 Å². The standard InChI is InChI=1S/C15H17N3O2/c1-11-5-6-17-8-12(11)9-18-13-3-2-4-14(7-13)20-10-15(16)19/h2-8,18H,9-10H2,1H3,(H2,16,19). The quantitative estimate of drug-likeness (QED) is 0.840. The summed E-state index contributed by atoms with van der Waals surface area (Å²) >= 11 is 0. The number of hydrogen-bond donors (Lipinski definition) is 2. The molecule has 0 aliphatic heterocycles. The van der Waals surface area contributed by atoms with Crippen LogP contribution in [0.1, 0.15) is 11.1 Å². The second-order valence-corrected chi connectivity index (χ2v) is 4.44. The van der Waals surface area contributed by atoms with Crippen molar-refractivity contribution in [3.63, 3.8) is 0 Å². The van der Waals surface area contributed by atoms with Crippen molar-refractivity contribution in [2.24, 2.45) is 5.73 Å². The number of primary amides is 1. The monoisotopic (exact) mass is 271 g/mol. The molecule has 1 aromatic heterocycles. The number of carbonyl (C=O) groups excluding carboxylic acids is 1. The van der Waals surface area contributed by atoms with E-state index in [9.17, 15) is 4.79 Å². The summed E-state index contributed by atoms with van der Waals surface area (Å²) < 4.78 is 5.26. The number of benzene rings is 1. The highest BCUT2D eigenvalue weighted by Gasteiger charge is 2.01. The van der Waals surface area contributed by atoms with Crippen LogP contribution in [0, 0.1) is 6.92 Å². The number of ether oxygens (including phenoxy) is 1. The van der Waals surface area contributed by atoms with Crippen molar-refractivity contribution >= 4 is 11.6 Å². The first-order valence-corrected chi connectivity index (χ1v) is 6.29. The van der Waals surface area contributed by atoms with E-state index in [-0.39, 0.29) is 6.61 Å². The van der Waals surface area contributed by atoms with Gasteiger partial charge in [-0.1, -0.05) is 6.07 Å². The van der Waals surface area contributed by atoms with E-state index < -0.39 is 5.91 Å². The minimum Gasteiger partial charge on any atom is -0.484 e. The van der Waals surface area contributed by atoms with Crippen molar-refractivity contribution in [1.29, 1.82) is 0 Å². The highest BCUT2D eigenvalue weighted by atomic mass is 16.5. The van der Waals surface area contributed by atoms with Crippen LogP contribution in [0.3, 0.4) is 0 Å². The van der Waals surface area contributed by atoms with Gasteiger partial charge in [0.25, 0.3) is 5.91 Å². The number of rotatable bonds is 6. The molecule has 0 bridgehead atoms. The van der Waals surface area contributed by atoms with E-state index in [1.165, 1.54) is 5.56 Å². The molecule has 0 aliphatic carbocycles. The molecule has 0 saturated carbocycles. The molecule has 0 atom stereocenters. The lowest BCUT2D eigenvalue weighted by Crippen LogP contribution is -2.20. The summed E-state index contributed by atoms with van der Waals surface area (Å²) in [7, 11) is 0. The van der Waals surface area contributed by atoms with Crippen molar-refractivity contribution in [3.05, 3.63) is 53.9 Å². The molecule has 0 spiro atoms. The van der Waals surface area contributed by atoms with Crippen LogP contribution in [-0.4, -0.2) is 17.5 Å². The maximum absolute atomic E-state index is 10.7. The van der Waals surface area contributed by atoms with Gasteiger partial charge in [0.2, 0.25) is 0 Å². The number of hydrogen-bond acceptors (Lipinski definition) is 4. The van der Waals surface area contributed by atoms with Gasteiger partial charge < -0.3 is 15.8 Å². The van der Waals surface area contributed by atoms with Crippen molar-refractivity contribution in [2.45, 2.75) is 13.5 Å². The van der Waals surface area contributed by atoms with Gasteiger partial charge in [-0.15, -0.1) is 0 Å². The molecule has 2 rings (SSSR count). The zero-order chi connectivity index (χ0) is 14.4. The maximum Gasteiger partial charge on any atom is 0.255 e. The van der Waals surface area contributed by atoms with Gasteiger partial charge in [-0.3, -0.25) is 9.78 Å². The molecular formula is C15H17N3O2. The molecule has 3 N–H and O–H groups in total. The number of anilines is 1. The van der Waals surface area contributed by atoms with Gasteiger partial charge in [-0.05, 0) is 36.2 Å². The smallest absolute Gasteiger partial charge is 0.255 e. The zero-order valence-corrected chi connectivity index (χ0v) is 11.3. The molecule has 2 aromatic rings. The predicted octanol–water partition coefficient (Wildman–Crippen LogP) is 1.87. The van der Waals surface area contributed by atoms with Crippen LogP contribution >= 0.6 is 0 Å². The molecule has 1 aromatic carbocycles. The lowest BCUT2D eigenvalue weighted by molar-refractivity contribution is -0.119. The SMILES string of the molecule is Cc1ccncc1CNc1cccc(OCC(N)=O)c1. The minimum absolute atomic E-state index is 0.120. The van der Waals surface area contributed by atoms with Gasteiger partial charge in [0, 0.05) is 30.7 Å². The predicted molar refractivity (Wildman–Crippen MR) is 77.4 cm³/mol. The minimum atomic E-state index is -0.491. The summed E-state index contributed by atoms with van der Waals surface area (Å²) in [5.74, 6) is 0.117. The Morgan fingerprint density at radius 3 is 3.00 bits per heavy atom. The van der Waals surface area contributed by atoms with E-state index in [4.69, 9.17) is 10.5 Å². The first kappa shape index (κ1) is 13.9. The molecule has 1 heterocycles. The van der Waals surface area contributed by atoms with Crippen LogP contribution in [0.4, 0.5) is 5.69 Å². The van der Waals surface area contributed by atoms with Gasteiger partial charge in [0.05, 0.1) is 0 Å². The Morgan fingerprint density at radius 2 is 2.25 bits per heavy atom. The molecule has 0 radical (unpaired) electrons. The van der Waals surface area contributed by atoms with E-state index in [2.05, 4.69) is 10.3 Å². The van der Waals surface area contributed by atoms with Crippen molar-refractivity contribution < 1.29 is 9.53 Å². The third-order valence-electron chi connectivity index (χ3n) is 2.85. The Kier molecular flexibility index (Phi) is 4.55. The molecule has 0 unspecified atom stereocenters. The molecule has 5 heteroatoms. The molecule has 0 fully saturated rings. The van der Waals surface area contributed by atoms with Gasteiger partial charge in [0.15, 0.2) is 6.61 Å². The second-order valence-electron chi connectivity index (χ2n) is 4.44. The lowest BCUT2D eigenvalue weighted by Gasteiger charge is -2.10. The number of nitrogens with two attached hydrogens (primary N) is 1. The van der Waals surface area contributed by atoms with Crippen LogP contribution in [0.15, 0.2) is 42.7 Å². The van der Waals surface area contributed by atoms with E-state index in [1.807, 2.05) is 37.4 Å². The normalized spacial score (nSPS) is 10.1. The highest BCUT2D eigenvalue weighted by Crippen LogP contribution is 2.18. The van der Waals surface area contributed by atoms with E-state index in [0.717, 1.165) is 11.3 Å². The summed E-state index contributed by atoms with van der Waals surface area (Å²) in [5.41, 5.74) is 8.28. The average molecular weight is 271 g/mol. The highest BCUT2D eigenvalue weighted by molar-refractivity contribution is 5.75. The summed E-state index contributed by atoms with van der Waals surface area (Å²) in [5, 5.41) is 3.29. The summed E-state index contributed by atoms with van der Waals surface area (Å²) in [6.45, 7) is 2.61. The van der Waals surface area contributed by atoms with Crippen LogP contribution in [0.5, 0.6) is 5.75 Å². The van der Waals surface area contributed by atoms with E-state index >= 15 is 0 Å². The average Bonchev–Trinajstić information content (AvgIpc) is 2.45. The van der Waals surface area contributed by atoms with Gasteiger partial charge >= 0.3 is 0 Å². The fraction of sp³-hybridized carbons (Fsp3) is 0.200. The number of aryl methyl sites for hydroxylation is 1. The Balaban J connectivity index is 1.98. The molecule has 0 saturated heterocycles. The van der Waals surface area contributed by atoms with Crippen molar-refractivity contribution in [1.82, 2.24) is 4.98 Å². The number of pyridine rings is 1. The van der Waals surface area contributed by atoms with Crippen LogP contribution < -0.4 is 15.8 Å². The molecule has 0 aliphatic rings. The summed E-state index contributed by atoms with van der Waals surface area (Å²) in [6, 6.07) is 9.37. The molecule has 5 nitrogen and oxygen atoms in total. The second kappa shape index (κ2) is 6.56. The third kappa shape index (κ3) is 3.98. The summed E-state index contributed by atoms with van der Waals surface area (Å²) in [6.07, 6.45) is 3.62. The Labute approximate surface area is 117 Å². The number of amides is 1. The van der Waals surface area contributed by atoms with Crippen LogP contribution in [0.2, 0.25) is 0 Å². The Morgan fingerprint density at radius 1 is 1.40 bits per heavy atom. The number of nitrogens with zero attached hydrogens (tertiary/aromatic N) is 1. The Bertz CT molecular complexity index is 599. The molecule has 20 heavy (non-hydrogen) atoms. The van der Waals surface area contributed by atoms with Gasteiger partial charge in [-0.25, -0.2) is 0 Å². The zero-order valence-electron chi connectivity index (χ0n) is 11.3. The van der Waals surface area contributed by atoms with Crippen LogP contribution in [-0.2, 0) is 11.3 Å². The number of aromatic nitrogens is 1. The van der Waals surface area contributed by atoms with Gasteiger partial charge in [-0.2, -0.15) is 0 Å². The lowest BCUT2D eigenvalue weighted by atomic mass is 10.1. The number of nitrogens with one attached hydrogen (secondary N) is 1. The molecule has 1 amide bonds. The fourth-order valence-electron chi connectivity index (χ4n) is 1.73. The molecular weight excluding hydrogens is 254 g/mol. The first-order chi connectivity index (χ1) is 9.65. The van der Waals surface area contributed by atoms with E-state index in [0.29, 0.717) is 12.3 Å². The summed E-state index contributed by atoms with van der Waals surface area (Å²) in [4.78, 5) is 14.8. The maximum atomic E-state index is 10.7.